The fourth-order valence-corrected chi connectivity index (χ4v) is 2.97. The highest BCUT2D eigenvalue weighted by molar-refractivity contribution is 5.75. The predicted molar refractivity (Wildman–Crippen MR) is 105 cm³/mol. The van der Waals surface area contributed by atoms with Crippen molar-refractivity contribution in [3.63, 3.8) is 0 Å². The van der Waals surface area contributed by atoms with Gasteiger partial charge in [-0.1, -0.05) is 54.1 Å². The van der Waals surface area contributed by atoms with Gasteiger partial charge in [0.15, 0.2) is 5.82 Å². The van der Waals surface area contributed by atoms with Crippen molar-refractivity contribution in [3.8, 4) is 11.3 Å². The number of nitrogens with zero attached hydrogens (tertiary/aromatic N) is 4. The van der Waals surface area contributed by atoms with Gasteiger partial charge in [0.2, 0.25) is 0 Å². The van der Waals surface area contributed by atoms with Crippen molar-refractivity contribution in [1.29, 1.82) is 0 Å². The molecule has 0 saturated heterocycles. The van der Waals surface area contributed by atoms with Gasteiger partial charge < -0.3 is 0 Å². The molecule has 0 saturated carbocycles. The summed E-state index contributed by atoms with van der Waals surface area (Å²) in [6, 6.07) is 20.4. The fourth-order valence-electron chi connectivity index (χ4n) is 2.97. The molecule has 0 bridgehead atoms. The lowest BCUT2D eigenvalue weighted by molar-refractivity contribution is 1.09. The zero-order chi connectivity index (χ0) is 18.1. The fraction of sp³-hybridized carbons (Fsp3) is 0.136. The average molecular weight is 340 g/mol. The van der Waals surface area contributed by atoms with Crippen molar-refractivity contribution >= 4 is 17.2 Å². The quantitative estimate of drug-likeness (QED) is 0.401. The second-order valence-corrected chi connectivity index (χ2v) is 6.52. The Bertz CT molecular complexity index is 1100. The Labute approximate surface area is 152 Å². The molecule has 2 aromatic carbocycles. The summed E-state index contributed by atoms with van der Waals surface area (Å²) in [5, 5.41) is 9.09. The second-order valence-electron chi connectivity index (χ2n) is 6.52. The molecule has 0 aliphatic heterocycles. The summed E-state index contributed by atoms with van der Waals surface area (Å²) < 4.78 is 2.01. The number of benzene rings is 2. The zero-order valence-corrected chi connectivity index (χ0v) is 15.1. The van der Waals surface area contributed by atoms with Crippen molar-refractivity contribution in [3.05, 3.63) is 83.6 Å². The van der Waals surface area contributed by atoms with E-state index >= 15 is 0 Å². The van der Waals surface area contributed by atoms with Crippen LogP contribution < -0.4 is 0 Å². The van der Waals surface area contributed by atoms with Gasteiger partial charge in [-0.05, 0) is 44.0 Å². The van der Waals surface area contributed by atoms with Gasteiger partial charge in [0.1, 0.15) is 11.3 Å². The first kappa shape index (κ1) is 16.2. The van der Waals surface area contributed by atoms with Crippen LogP contribution in [0.5, 0.6) is 0 Å². The average Bonchev–Trinajstić information content (AvgIpc) is 3.02. The van der Waals surface area contributed by atoms with Crippen LogP contribution in [-0.2, 0) is 0 Å². The molecule has 4 aromatic rings. The highest BCUT2D eigenvalue weighted by Crippen LogP contribution is 2.33. The van der Waals surface area contributed by atoms with Crippen molar-refractivity contribution in [2.45, 2.75) is 20.8 Å². The minimum absolute atomic E-state index is 0.746. The summed E-state index contributed by atoms with van der Waals surface area (Å²) in [4.78, 5) is 4.86. The Kier molecular flexibility index (Phi) is 4.09. The lowest BCUT2D eigenvalue weighted by atomic mass is 10.1. The number of fused-ring (bicyclic) bond motifs is 1. The third-order valence-corrected chi connectivity index (χ3v) is 4.51. The van der Waals surface area contributed by atoms with Gasteiger partial charge in [-0.2, -0.15) is 0 Å². The van der Waals surface area contributed by atoms with E-state index < -0.39 is 0 Å². The first-order valence-electron chi connectivity index (χ1n) is 8.65. The zero-order valence-electron chi connectivity index (χ0n) is 15.1. The number of aryl methyl sites for hydroxylation is 3. The highest BCUT2D eigenvalue weighted by Gasteiger charge is 2.15. The molecule has 0 atom stereocenters. The number of aromatic nitrogens is 2. The van der Waals surface area contributed by atoms with E-state index in [1.165, 1.54) is 5.56 Å². The molecule has 0 radical (unpaired) electrons. The molecule has 0 aliphatic carbocycles. The van der Waals surface area contributed by atoms with E-state index in [0.29, 0.717) is 0 Å². The van der Waals surface area contributed by atoms with Crippen LogP contribution in [0.4, 0.5) is 11.5 Å². The number of azo groups is 1. The molecular weight excluding hydrogens is 320 g/mol. The molecule has 0 amide bonds. The smallest absolute Gasteiger partial charge is 0.187 e. The molecule has 2 aromatic heterocycles. The van der Waals surface area contributed by atoms with Gasteiger partial charge in [-0.15, -0.1) is 10.2 Å². The van der Waals surface area contributed by atoms with E-state index in [2.05, 4.69) is 54.4 Å². The third-order valence-electron chi connectivity index (χ3n) is 4.51. The van der Waals surface area contributed by atoms with Gasteiger partial charge >= 0.3 is 0 Å². The lowest BCUT2D eigenvalue weighted by Gasteiger charge is -2.02. The van der Waals surface area contributed by atoms with Crippen LogP contribution >= 0.6 is 0 Å². The van der Waals surface area contributed by atoms with E-state index in [9.17, 15) is 0 Å². The third kappa shape index (κ3) is 2.90. The normalized spacial score (nSPS) is 11.5. The Morgan fingerprint density at radius 3 is 2.27 bits per heavy atom. The lowest BCUT2D eigenvalue weighted by Crippen LogP contribution is -1.85. The second kappa shape index (κ2) is 6.56. The van der Waals surface area contributed by atoms with Crippen molar-refractivity contribution in [2.75, 3.05) is 0 Å². The maximum atomic E-state index is 4.86. The number of imidazole rings is 1. The summed E-state index contributed by atoms with van der Waals surface area (Å²) in [5.74, 6) is 0.746. The summed E-state index contributed by atoms with van der Waals surface area (Å²) in [6.07, 6.45) is 1.99. The van der Waals surface area contributed by atoms with Crippen molar-refractivity contribution in [2.24, 2.45) is 10.2 Å². The minimum Gasteiger partial charge on any atom is -0.282 e. The van der Waals surface area contributed by atoms with Crippen LogP contribution in [0.2, 0.25) is 0 Å². The molecule has 26 heavy (non-hydrogen) atoms. The van der Waals surface area contributed by atoms with Crippen LogP contribution in [0.15, 0.2) is 77.1 Å². The molecule has 0 N–H and O–H groups in total. The number of hydrogen-bond acceptors (Lipinski definition) is 3. The van der Waals surface area contributed by atoms with Crippen LogP contribution in [-0.4, -0.2) is 9.38 Å². The van der Waals surface area contributed by atoms with Crippen molar-refractivity contribution in [1.82, 2.24) is 9.38 Å². The topological polar surface area (TPSA) is 42.0 Å². The monoisotopic (exact) mass is 340 g/mol. The molecular formula is C22H20N4. The maximum Gasteiger partial charge on any atom is 0.187 e. The molecule has 0 aliphatic rings. The summed E-state index contributed by atoms with van der Waals surface area (Å²) in [6.45, 7) is 6.17. The summed E-state index contributed by atoms with van der Waals surface area (Å²) >= 11 is 0. The Balaban J connectivity index is 1.91. The molecule has 0 fully saturated rings. The van der Waals surface area contributed by atoms with E-state index in [1.54, 1.807) is 0 Å². The van der Waals surface area contributed by atoms with Gasteiger partial charge in [-0.3, -0.25) is 4.40 Å². The molecule has 4 heteroatoms. The van der Waals surface area contributed by atoms with Crippen LogP contribution in [0.3, 0.4) is 0 Å². The Hall–Kier alpha value is -3.27. The van der Waals surface area contributed by atoms with Gasteiger partial charge in [0.05, 0.1) is 5.69 Å². The van der Waals surface area contributed by atoms with Gasteiger partial charge in [0.25, 0.3) is 0 Å². The summed E-state index contributed by atoms with van der Waals surface area (Å²) in [7, 11) is 0. The highest BCUT2D eigenvalue weighted by atomic mass is 15.2. The molecule has 2 heterocycles. The maximum absolute atomic E-state index is 4.86. The van der Waals surface area contributed by atoms with E-state index in [-0.39, 0.29) is 0 Å². The molecule has 128 valence electrons. The molecule has 0 unspecified atom stereocenters. The summed E-state index contributed by atoms with van der Waals surface area (Å²) in [5.41, 5.74) is 7.08. The first-order valence-corrected chi connectivity index (χ1v) is 8.65. The Morgan fingerprint density at radius 2 is 1.50 bits per heavy atom. The minimum atomic E-state index is 0.746. The van der Waals surface area contributed by atoms with E-state index in [4.69, 9.17) is 4.98 Å². The first-order chi connectivity index (χ1) is 12.6. The number of pyridine rings is 1. The standard InChI is InChI=1S/C22H20N4/c1-15-10-12-18(13-11-15)20-22(25-24-19-9-5-4-7-16(19)2)26-14-6-8-17(3)21(26)23-20/h4-14H,1-3H3. The number of hydrogen-bond donors (Lipinski definition) is 0. The van der Waals surface area contributed by atoms with Crippen LogP contribution in [0.1, 0.15) is 16.7 Å². The van der Waals surface area contributed by atoms with E-state index in [1.807, 2.05) is 47.9 Å². The number of rotatable bonds is 3. The molecule has 0 spiro atoms. The van der Waals surface area contributed by atoms with Crippen molar-refractivity contribution < 1.29 is 0 Å². The predicted octanol–water partition coefficient (Wildman–Crippen LogP) is 6.34. The van der Waals surface area contributed by atoms with Gasteiger partial charge in [0, 0.05) is 11.8 Å². The SMILES string of the molecule is Cc1ccc(-c2nc3c(C)cccn3c2N=Nc2ccccc2C)cc1. The van der Waals surface area contributed by atoms with Crippen LogP contribution in [0.25, 0.3) is 16.9 Å². The van der Waals surface area contributed by atoms with E-state index in [0.717, 1.165) is 39.5 Å². The largest absolute Gasteiger partial charge is 0.282 e. The van der Waals surface area contributed by atoms with Crippen LogP contribution in [0, 0.1) is 20.8 Å². The molecule has 4 nitrogen and oxygen atoms in total. The molecule has 4 rings (SSSR count). The Morgan fingerprint density at radius 1 is 0.769 bits per heavy atom. The van der Waals surface area contributed by atoms with Gasteiger partial charge in [-0.25, -0.2) is 4.98 Å².